The van der Waals surface area contributed by atoms with Gasteiger partial charge in [0.2, 0.25) is 5.79 Å². The zero-order chi connectivity index (χ0) is 26.6. The molecule has 2 aliphatic rings. The average molecular weight is 520 g/mol. The maximum atomic E-state index is 12.2. The van der Waals surface area contributed by atoms with Crippen molar-refractivity contribution in [3.05, 3.63) is 23.8 Å². The molecule has 0 aliphatic carbocycles. The molecule has 0 aromatic heterocycles. The fraction of sp³-hybridized carbons (Fsp3) is 0.682. The second-order valence-electron chi connectivity index (χ2n) is 8.57. The van der Waals surface area contributed by atoms with Gasteiger partial charge in [0.15, 0.2) is 17.8 Å². The van der Waals surface area contributed by atoms with Crippen LogP contribution < -0.4 is 4.74 Å². The number of rotatable bonds is 10. The predicted molar refractivity (Wildman–Crippen MR) is 115 cm³/mol. The molecule has 1 aromatic rings. The summed E-state index contributed by atoms with van der Waals surface area (Å²) < 4.78 is 26.2. The number of esters is 1. The third kappa shape index (κ3) is 5.89. The first-order valence-electron chi connectivity index (χ1n) is 11.2. The van der Waals surface area contributed by atoms with Gasteiger partial charge in [0.1, 0.15) is 55.9 Å². The Kier molecular flexibility index (Phi) is 9.45. The average Bonchev–Trinajstić information content (AvgIpc) is 3.12. The summed E-state index contributed by atoms with van der Waals surface area (Å²) in [5, 5.41) is 79.7. The number of aliphatic hydroxyl groups is 7. The smallest absolute Gasteiger partial charge is 0.306 e. The van der Waals surface area contributed by atoms with E-state index in [0.29, 0.717) is 5.56 Å². The molecule has 8 N–H and O–H groups in total. The Morgan fingerprint density at radius 2 is 1.75 bits per heavy atom. The van der Waals surface area contributed by atoms with Gasteiger partial charge in [-0.05, 0) is 24.1 Å². The van der Waals surface area contributed by atoms with Gasteiger partial charge in [-0.1, -0.05) is 6.07 Å². The Labute approximate surface area is 205 Å². The Bertz CT molecular complexity index is 882. The number of hydrogen-bond acceptors (Lipinski definition) is 14. The third-order valence-electron chi connectivity index (χ3n) is 6.16. The molecular weight excluding hydrogens is 488 g/mol. The summed E-state index contributed by atoms with van der Waals surface area (Å²) >= 11 is 0. The van der Waals surface area contributed by atoms with Crippen molar-refractivity contribution in [3.63, 3.8) is 0 Å². The van der Waals surface area contributed by atoms with Crippen molar-refractivity contribution in [3.8, 4) is 11.5 Å². The lowest BCUT2D eigenvalue weighted by molar-refractivity contribution is -0.383. The van der Waals surface area contributed by atoms with Crippen molar-refractivity contribution >= 4 is 5.97 Å². The summed E-state index contributed by atoms with van der Waals surface area (Å²) in [6.07, 6.45) is -13.2. The van der Waals surface area contributed by atoms with Crippen LogP contribution in [0, 0.1) is 0 Å². The van der Waals surface area contributed by atoms with Gasteiger partial charge in [-0.25, -0.2) is 0 Å². The van der Waals surface area contributed by atoms with Crippen LogP contribution in [0.3, 0.4) is 0 Å². The highest BCUT2D eigenvalue weighted by atomic mass is 16.8. The molecule has 1 aromatic carbocycles. The van der Waals surface area contributed by atoms with Crippen molar-refractivity contribution in [2.45, 2.75) is 67.6 Å². The van der Waals surface area contributed by atoms with Gasteiger partial charge < -0.3 is 64.5 Å². The van der Waals surface area contributed by atoms with E-state index in [9.17, 15) is 45.6 Å². The zero-order valence-electron chi connectivity index (χ0n) is 19.4. The Hall–Kier alpha value is -2.11. The minimum Gasteiger partial charge on any atom is -0.504 e. The van der Waals surface area contributed by atoms with Crippen LogP contribution in [0.5, 0.6) is 11.5 Å². The monoisotopic (exact) mass is 520 g/mol. The van der Waals surface area contributed by atoms with Crippen molar-refractivity contribution < 1.29 is 69.3 Å². The number of benzene rings is 1. The third-order valence-corrected chi connectivity index (χ3v) is 6.16. The van der Waals surface area contributed by atoms with Crippen LogP contribution in [0.2, 0.25) is 0 Å². The molecule has 36 heavy (non-hydrogen) atoms. The van der Waals surface area contributed by atoms with Crippen molar-refractivity contribution in [1.29, 1.82) is 0 Å². The van der Waals surface area contributed by atoms with Crippen LogP contribution in [0.25, 0.3) is 0 Å². The minimum absolute atomic E-state index is 0.0512. The fourth-order valence-electron chi connectivity index (χ4n) is 3.99. The Morgan fingerprint density at radius 3 is 2.36 bits per heavy atom. The maximum Gasteiger partial charge on any atom is 0.306 e. The first kappa shape index (κ1) is 28.5. The van der Waals surface area contributed by atoms with E-state index < -0.39 is 80.6 Å². The molecule has 2 aliphatic heterocycles. The normalized spacial score (nSPS) is 36.6. The van der Waals surface area contributed by atoms with Crippen LogP contribution in [0.4, 0.5) is 0 Å². The molecule has 0 unspecified atom stereocenters. The maximum absolute atomic E-state index is 12.2. The van der Waals surface area contributed by atoms with Gasteiger partial charge in [-0.15, -0.1) is 0 Å². The summed E-state index contributed by atoms with van der Waals surface area (Å²) in [7, 11) is 1.39. The SMILES string of the molecule is COc1cc(CCC(=O)OC[C@H]2O[C@H](O[C@@]3(CO)O[C@@H](CO)[C@H](O)[C@@H]3O)[C@H](O)[C@H](O)[C@@H]2O)ccc1O. The molecule has 0 bridgehead atoms. The summed E-state index contributed by atoms with van der Waals surface area (Å²) in [6, 6.07) is 4.59. The van der Waals surface area contributed by atoms with Crippen molar-refractivity contribution in [1.82, 2.24) is 0 Å². The fourth-order valence-corrected chi connectivity index (χ4v) is 3.99. The number of phenols is 1. The molecule has 2 saturated heterocycles. The number of methoxy groups -OCH3 is 1. The van der Waals surface area contributed by atoms with Crippen molar-refractivity contribution in [2.24, 2.45) is 0 Å². The first-order chi connectivity index (χ1) is 17.1. The molecule has 9 atom stereocenters. The number of aliphatic hydroxyl groups excluding tert-OH is 7. The summed E-state index contributed by atoms with van der Waals surface area (Å²) in [6.45, 7) is -2.27. The number of hydrogen-bond donors (Lipinski definition) is 8. The topological polar surface area (TPSA) is 225 Å². The molecule has 14 nitrogen and oxygen atoms in total. The van der Waals surface area contributed by atoms with Crippen LogP contribution in [0.1, 0.15) is 12.0 Å². The van der Waals surface area contributed by atoms with Crippen molar-refractivity contribution in [2.75, 3.05) is 26.9 Å². The molecule has 0 spiro atoms. The first-order valence-corrected chi connectivity index (χ1v) is 11.2. The highest BCUT2D eigenvalue weighted by Gasteiger charge is 2.58. The minimum atomic E-state index is -2.31. The molecular formula is C22H32O14. The largest absolute Gasteiger partial charge is 0.504 e. The van der Waals surface area contributed by atoms with Gasteiger partial charge in [-0.3, -0.25) is 4.79 Å². The van der Waals surface area contributed by atoms with E-state index in [2.05, 4.69) is 0 Å². The van der Waals surface area contributed by atoms with E-state index in [0.717, 1.165) is 0 Å². The number of carbonyl (C=O) groups excluding carboxylic acids is 1. The van der Waals surface area contributed by atoms with Gasteiger partial charge in [-0.2, -0.15) is 0 Å². The number of ether oxygens (including phenoxy) is 5. The number of phenolic OH excluding ortho intramolecular Hbond substituents is 1. The van der Waals surface area contributed by atoms with Gasteiger partial charge in [0.05, 0.1) is 13.7 Å². The molecule has 0 saturated carbocycles. The second-order valence-corrected chi connectivity index (χ2v) is 8.57. The Balaban J connectivity index is 1.59. The molecule has 3 rings (SSSR count). The zero-order valence-corrected chi connectivity index (χ0v) is 19.4. The quantitative estimate of drug-likeness (QED) is 0.140. The van der Waals surface area contributed by atoms with E-state index in [1.165, 1.54) is 13.2 Å². The van der Waals surface area contributed by atoms with E-state index in [-0.39, 0.29) is 24.3 Å². The highest BCUT2D eigenvalue weighted by molar-refractivity contribution is 5.69. The lowest BCUT2D eigenvalue weighted by atomic mass is 9.99. The van der Waals surface area contributed by atoms with Gasteiger partial charge in [0.25, 0.3) is 0 Å². The molecule has 14 heteroatoms. The lowest BCUT2D eigenvalue weighted by Crippen LogP contribution is -2.62. The summed E-state index contributed by atoms with van der Waals surface area (Å²) in [5.41, 5.74) is 0.690. The second kappa shape index (κ2) is 12.0. The Morgan fingerprint density at radius 1 is 1.03 bits per heavy atom. The van der Waals surface area contributed by atoms with Crippen LogP contribution in [-0.2, 0) is 30.2 Å². The molecule has 2 heterocycles. The van der Waals surface area contributed by atoms with Crippen LogP contribution >= 0.6 is 0 Å². The predicted octanol–water partition coefficient (Wildman–Crippen LogP) is -3.50. The van der Waals surface area contributed by atoms with Gasteiger partial charge in [0, 0.05) is 6.42 Å². The lowest BCUT2D eigenvalue weighted by Gasteiger charge is -2.43. The van der Waals surface area contributed by atoms with E-state index >= 15 is 0 Å². The van der Waals surface area contributed by atoms with E-state index in [4.69, 9.17) is 23.7 Å². The molecule has 2 fully saturated rings. The summed E-state index contributed by atoms with van der Waals surface area (Å²) in [4.78, 5) is 12.2. The highest BCUT2D eigenvalue weighted by Crippen LogP contribution is 2.36. The number of carbonyl (C=O) groups is 1. The van der Waals surface area contributed by atoms with E-state index in [1.807, 2.05) is 0 Å². The van der Waals surface area contributed by atoms with Crippen LogP contribution in [0.15, 0.2) is 18.2 Å². The molecule has 0 radical (unpaired) electrons. The van der Waals surface area contributed by atoms with Crippen LogP contribution in [-0.4, -0.2) is 129 Å². The standard InChI is InChI=1S/C22H32O14/c1-32-12-6-10(2-4-11(12)25)3-5-15(26)33-8-14-16(27)18(29)19(30)21(34-14)36-22(9-24)20(31)17(28)13(7-23)35-22/h2,4,6,13-14,16-21,23-25,27-31H,3,5,7-9H2,1H3/t13-,14+,16+,17-,18+,19+,20-,21+,22+/m0/s1. The molecule has 204 valence electrons. The summed E-state index contributed by atoms with van der Waals surface area (Å²) in [5.74, 6) is -2.80. The number of aryl methyl sites for hydroxylation is 1. The van der Waals surface area contributed by atoms with Gasteiger partial charge >= 0.3 is 5.97 Å². The molecule has 0 amide bonds. The number of aromatic hydroxyl groups is 1. The van der Waals surface area contributed by atoms with E-state index in [1.54, 1.807) is 12.1 Å².